The molecule has 3 fully saturated rings. The molecule has 0 spiro atoms. The van der Waals surface area contributed by atoms with Gasteiger partial charge in [0.1, 0.15) is 18.5 Å². The second-order valence-corrected chi connectivity index (χ2v) is 8.69. The number of likely N-dealkylation sites (tertiary alicyclic amines) is 1. The second-order valence-electron chi connectivity index (χ2n) is 8.69. The van der Waals surface area contributed by atoms with Crippen LogP contribution in [0, 0.1) is 11.3 Å². The van der Waals surface area contributed by atoms with Crippen LogP contribution in [-0.4, -0.2) is 68.4 Å². The van der Waals surface area contributed by atoms with Crippen molar-refractivity contribution in [2.24, 2.45) is 0 Å². The largest absolute Gasteiger partial charge is 0.485 e. The van der Waals surface area contributed by atoms with E-state index < -0.39 is 0 Å². The molecule has 2 aromatic rings. The van der Waals surface area contributed by atoms with Gasteiger partial charge in [0.05, 0.1) is 30.0 Å². The molecule has 1 aromatic carbocycles. The molecule has 160 valence electrons. The number of hydrogen-bond acceptors (Lipinski definition) is 8. The highest BCUT2D eigenvalue weighted by Crippen LogP contribution is 2.42. The van der Waals surface area contributed by atoms with E-state index in [4.69, 9.17) is 9.47 Å². The van der Waals surface area contributed by atoms with Gasteiger partial charge in [-0.3, -0.25) is 4.90 Å². The highest BCUT2D eigenvalue weighted by Gasteiger charge is 2.36. The van der Waals surface area contributed by atoms with Crippen molar-refractivity contribution in [3.8, 4) is 11.8 Å². The number of nitrogens with zero attached hydrogens (tertiary/aromatic N) is 4. The Bertz CT molecular complexity index is 1040. The van der Waals surface area contributed by atoms with Gasteiger partial charge in [0.2, 0.25) is 0 Å². The van der Waals surface area contributed by atoms with Crippen LogP contribution in [0.2, 0.25) is 0 Å². The van der Waals surface area contributed by atoms with Crippen molar-refractivity contribution in [3.63, 3.8) is 0 Å². The number of nitrogens with one attached hydrogen (secondary N) is 2. The third kappa shape index (κ3) is 3.30. The van der Waals surface area contributed by atoms with Crippen LogP contribution in [0.25, 0.3) is 0 Å². The van der Waals surface area contributed by atoms with Crippen molar-refractivity contribution in [1.29, 1.82) is 5.26 Å². The molecule has 8 nitrogen and oxygen atoms in total. The molecule has 5 heterocycles. The summed E-state index contributed by atoms with van der Waals surface area (Å²) in [5.41, 5.74) is 4.77. The molecule has 0 bridgehead atoms. The number of morpholine rings is 1. The average molecular weight is 419 g/mol. The molecule has 4 aliphatic rings. The first-order valence-corrected chi connectivity index (χ1v) is 11.0. The van der Waals surface area contributed by atoms with Crippen LogP contribution in [-0.2, 0) is 11.3 Å². The number of fused-ring (bicyclic) bond motifs is 2. The van der Waals surface area contributed by atoms with E-state index in [1.165, 1.54) is 5.56 Å². The molecule has 6 rings (SSSR count). The van der Waals surface area contributed by atoms with Crippen molar-refractivity contribution in [3.05, 3.63) is 41.1 Å². The standard InChI is InChI=1S/C23H26N6O2/c24-9-16-7-15(17-12-29(13-17)18-10-25-11-18)8-20-22(16)31-14-19-21(1-2-26-23(19)27-20)28-3-5-30-6-4-28/h1-2,7-8,17-18,25H,3-6,10-14H2,(H,26,27). The lowest BCUT2D eigenvalue weighted by atomic mass is 9.87. The van der Waals surface area contributed by atoms with E-state index in [1.54, 1.807) is 0 Å². The maximum atomic E-state index is 9.83. The Morgan fingerprint density at radius 1 is 1.16 bits per heavy atom. The van der Waals surface area contributed by atoms with E-state index in [1.807, 2.05) is 18.3 Å². The van der Waals surface area contributed by atoms with E-state index >= 15 is 0 Å². The highest BCUT2D eigenvalue weighted by molar-refractivity contribution is 5.76. The molecule has 0 unspecified atom stereocenters. The fourth-order valence-corrected chi connectivity index (χ4v) is 4.88. The molecule has 4 aliphatic heterocycles. The maximum Gasteiger partial charge on any atom is 0.161 e. The third-order valence-corrected chi connectivity index (χ3v) is 6.89. The Balaban J connectivity index is 1.30. The Morgan fingerprint density at radius 2 is 2.00 bits per heavy atom. The fourth-order valence-electron chi connectivity index (χ4n) is 4.88. The monoisotopic (exact) mass is 418 g/mol. The molecule has 0 aliphatic carbocycles. The first-order valence-electron chi connectivity index (χ1n) is 11.0. The molecule has 31 heavy (non-hydrogen) atoms. The average Bonchev–Trinajstić information content (AvgIpc) is 2.93. The Kier molecular flexibility index (Phi) is 4.68. The minimum atomic E-state index is 0.385. The first-order chi connectivity index (χ1) is 15.3. The van der Waals surface area contributed by atoms with Crippen LogP contribution in [0.3, 0.4) is 0 Å². The summed E-state index contributed by atoms with van der Waals surface area (Å²) < 4.78 is 11.7. The predicted octanol–water partition coefficient (Wildman–Crippen LogP) is 1.80. The molecular formula is C23H26N6O2. The molecule has 1 aromatic heterocycles. The van der Waals surface area contributed by atoms with Gasteiger partial charge in [-0.1, -0.05) is 0 Å². The SMILES string of the molecule is N#Cc1cc(C2CN(C3CNC3)C2)cc2c1OCc1c(N3CCOCC3)ccnc1N2. The van der Waals surface area contributed by atoms with Crippen LogP contribution in [0.4, 0.5) is 17.2 Å². The van der Waals surface area contributed by atoms with Crippen LogP contribution in [0.1, 0.15) is 22.6 Å². The number of pyridine rings is 1. The van der Waals surface area contributed by atoms with E-state index in [-0.39, 0.29) is 0 Å². The Morgan fingerprint density at radius 3 is 2.74 bits per heavy atom. The highest BCUT2D eigenvalue weighted by atomic mass is 16.5. The summed E-state index contributed by atoms with van der Waals surface area (Å²) in [5.74, 6) is 1.88. The quantitative estimate of drug-likeness (QED) is 0.781. The molecule has 2 N–H and O–H groups in total. The maximum absolute atomic E-state index is 9.83. The minimum Gasteiger partial charge on any atom is -0.485 e. The van der Waals surface area contributed by atoms with Gasteiger partial charge >= 0.3 is 0 Å². The molecule has 0 atom stereocenters. The summed E-state index contributed by atoms with van der Waals surface area (Å²) in [5, 5.41) is 16.7. The van der Waals surface area contributed by atoms with Crippen molar-refractivity contribution in [2.45, 2.75) is 18.6 Å². The predicted molar refractivity (Wildman–Crippen MR) is 117 cm³/mol. The number of nitriles is 1. The third-order valence-electron chi connectivity index (χ3n) is 6.89. The summed E-state index contributed by atoms with van der Waals surface area (Å²) in [4.78, 5) is 9.45. The number of anilines is 3. The van der Waals surface area contributed by atoms with Gasteiger partial charge in [0.15, 0.2) is 5.75 Å². The van der Waals surface area contributed by atoms with Crippen LogP contribution >= 0.6 is 0 Å². The number of ether oxygens (including phenoxy) is 2. The van der Waals surface area contributed by atoms with Gasteiger partial charge in [0.25, 0.3) is 0 Å². The number of rotatable bonds is 3. The Hall–Kier alpha value is -2.86. The number of benzene rings is 1. The lowest BCUT2D eigenvalue weighted by molar-refractivity contribution is 0.0613. The number of aromatic nitrogens is 1. The topological polar surface area (TPSA) is 85.7 Å². The van der Waals surface area contributed by atoms with Gasteiger partial charge in [0, 0.05) is 63.1 Å². The van der Waals surface area contributed by atoms with Crippen molar-refractivity contribution in [2.75, 3.05) is 62.7 Å². The van der Waals surface area contributed by atoms with E-state index in [2.05, 4.69) is 37.6 Å². The molecule has 0 radical (unpaired) electrons. The summed E-state index contributed by atoms with van der Waals surface area (Å²) in [6, 6.07) is 9.22. The second kappa shape index (κ2) is 7.68. The first kappa shape index (κ1) is 18.9. The summed E-state index contributed by atoms with van der Waals surface area (Å²) >= 11 is 0. The van der Waals surface area contributed by atoms with E-state index in [0.717, 1.165) is 75.2 Å². The minimum absolute atomic E-state index is 0.385. The smallest absolute Gasteiger partial charge is 0.161 e. The van der Waals surface area contributed by atoms with Gasteiger partial charge in [-0.2, -0.15) is 5.26 Å². The molecular weight excluding hydrogens is 392 g/mol. The van der Waals surface area contributed by atoms with Crippen LogP contribution < -0.4 is 20.3 Å². The lowest BCUT2D eigenvalue weighted by Gasteiger charge is -2.48. The van der Waals surface area contributed by atoms with Gasteiger partial charge in [-0.15, -0.1) is 0 Å². The molecule has 3 saturated heterocycles. The zero-order valence-corrected chi connectivity index (χ0v) is 17.4. The van der Waals surface area contributed by atoms with Crippen LogP contribution in [0.5, 0.6) is 5.75 Å². The van der Waals surface area contributed by atoms with Gasteiger partial charge in [-0.05, 0) is 23.8 Å². The van der Waals surface area contributed by atoms with Gasteiger partial charge in [-0.25, -0.2) is 4.98 Å². The molecule has 0 amide bonds. The fraction of sp³-hybridized carbons (Fsp3) is 0.478. The molecule has 0 saturated carbocycles. The number of hydrogen-bond donors (Lipinski definition) is 2. The van der Waals surface area contributed by atoms with Crippen LogP contribution in [0.15, 0.2) is 24.4 Å². The zero-order valence-electron chi connectivity index (χ0n) is 17.4. The van der Waals surface area contributed by atoms with E-state index in [0.29, 0.717) is 29.9 Å². The summed E-state index contributed by atoms with van der Waals surface area (Å²) in [6.45, 7) is 7.81. The van der Waals surface area contributed by atoms with Crippen molar-refractivity contribution < 1.29 is 9.47 Å². The summed E-state index contributed by atoms with van der Waals surface area (Å²) in [7, 11) is 0. The van der Waals surface area contributed by atoms with Crippen molar-refractivity contribution >= 4 is 17.2 Å². The normalized spacial score (nSPS) is 21.5. The zero-order chi connectivity index (χ0) is 20.8. The lowest BCUT2D eigenvalue weighted by Crippen LogP contribution is -2.63. The Labute approximate surface area is 181 Å². The molecule has 8 heteroatoms. The van der Waals surface area contributed by atoms with Gasteiger partial charge < -0.3 is 25.0 Å². The van der Waals surface area contributed by atoms with E-state index in [9.17, 15) is 5.26 Å². The summed E-state index contributed by atoms with van der Waals surface area (Å²) in [6.07, 6.45) is 1.84. The van der Waals surface area contributed by atoms with Crippen molar-refractivity contribution in [1.82, 2.24) is 15.2 Å².